The van der Waals surface area contributed by atoms with E-state index >= 15 is 0 Å². The van der Waals surface area contributed by atoms with Gasteiger partial charge in [-0.25, -0.2) is 0 Å². The van der Waals surface area contributed by atoms with E-state index in [0.717, 1.165) is 45.4 Å². The van der Waals surface area contributed by atoms with Gasteiger partial charge >= 0.3 is 0 Å². The van der Waals surface area contributed by atoms with Gasteiger partial charge in [-0.3, -0.25) is 0 Å². The minimum atomic E-state index is -0.575. The first-order valence-electron chi connectivity index (χ1n) is 7.10. The average molecular weight is 265 g/mol. The van der Waals surface area contributed by atoms with Crippen LogP contribution in [-0.2, 0) is 11.2 Å². The number of methoxy groups -OCH3 is 1. The van der Waals surface area contributed by atoms with E-state index in [1.807, 2.05) is 13.0 Å². The van der Waals surface area contributed by atoms with Crippen LogP contribution in [0, 0.1) is 0 Å². The van der Waals surface area contributed by atoms with E-state index in [-0.39, 0.29) is 0 Å². The van der Waals surface area contributed by atoms with Gasteiger partial charge in [0.25, 0.3) is 0 Å². The van der Waals surface area contributed by atoms with Crippen molar-refractivity contribution in [2.75, 3.05) is 26.8 Å². The summed E-state index contributed by atoms with van der Waals surface area (Å²) in [5, 5.41) is 13.5. The smallest absolute Gasteiger partial charge is 0.0632 e. The Labute approximate surface area is 117 Å². The van der Waals surface area contributed by atoms with E-state index in [2.05, 4.69) is 29.6 Å². The van der Waals surface area contributed by atoms with Crippen LogP contribution in [0.25, 0.3) is 0 Å². The van der Waals surface area contributed by atoms with Crippen LogP contribution in [0.15, 0.2) is 30.3 Å². The highest BCUT2D eigenvalue weighted by Crippen LogP contribution is 2.17. The number of rotatable bonds is 10. The second kappa shape index (κ2) is 9.08. The summed E-state index contributed by atoms with van der Waals surface area (Å²) >= 11 is 0. The summed E-state index contributed by atoms with van der Waals surface area (Å²) in [6.07, 6.45) is 3.68. The number of aryl methyl sites for hydroxylation is 1. The average Bonchev–Trinajstić information content (AvgIpc) is 2.39. The predicted molar refractivity (Wildman–Crippen MR) is 79.4 cm³/mol. The Morgan fingerprint density at radius 1 is 1.16 bits per heavy atom. The van der Waals surface area contributed by atoms with Gasteiger partial charge in [0.2, 0.25) is 0 Å². The van der Waals surface area contributed by atoms with Crippen LogP contribution < -0.4 is 5.32 Å². The monoisotopic (exact) mass is 265 g/mol. The molecule has 0 heterocycles. The molecule has 0 aliphatic carbocycles. The zero-order valence-electron chi connectivity index (χ0n) is 12.2. The summed E-state index contributed by atoms with van der Waals surface area (Å²) in [7, 11) is 1.70. The molecule has 1 unspecified atom stereocenters. The van der Waals surface area contributed by atoms with Gasteiger partial charge in [0.15, 0.2) is 0 Å². The number of aliphatic hydroxyl groups is 1. The summed E-state index contributed by atoms with van der Waals surface area (Å²) in [4.78, 5) is 0. The molecule has 0 amide bonds. The van der Waals surface area contributed by atoms with Crippen LogP contribution in [-0.4, -0.2) is 37.5 Å². The Morgan fingerprint density at radius 3 is 2.58 bits per heavy atom. The molecule has 1 aromatic carbocycles. The van der Waals surface area contributed by atoms with Gasteiger partial charge in [0.1, 0.15) is 0 Å². The lowest BCUT2D eigenvalue weighted by molar-refractivity contribution is 0.0399. The first kappa shape index (κ1) is 16.2. The molecule has 0 saturated carbocycles. The molecule has 0 spiro atoms. The molecular formula is C16H27NO2. The lowest BCUT2D eigenvalue weighted by Gasteiger charge is -2.23. The Hall–Kier alpha value is -0.900. The van der Waals surface area contributed by atoms with Crippen LogP contribution >= 0.6 is 0 Å². The van der Waals surface area contributed by atoms with Crippen LogP contribution in [0.1, 0.15) is 31.7 Å². The van der Waals surface area contributed by atoms with Crippen LogP contribution in [0.2, 0.25) is 0 Å². The zero-order valence-corrected chi connectivity index (χ0v) is 12.2. The van der Waals surface area contributed by atoms with Gasteiger partial charge in [-0.2, -0.15) is 0 Å². The second-order valence-electron chi connectivity index (χ2n) is 5.33. The fraction of sp³-hybridized carbons (Fsp3) is 0.625. The molecule has 0 saturated heterocycles. The number of hydrogen-bond acceptors (Lipinski definition) is 3. The van der Waals surface area contributed by atoms with Crippen molar-refractivity contribution in [2.24, 2.45) is 0 Å². The molecule has 1 rings (SSSR count). The Morgan fingerprint density at radius 2 is 1.89 bits per heavy atom. The lowest BCUT2D eigenvalue weighted by atomic mass is 9.94. The highest BCUT2D eigenvalue weighted by atomic mass is 16.5. The van der Waals surface area contributed by atoms with Crippen molar-refractivity contribution in [2.45, 2.75) is 38.2 Å². The first-order valence-corrected chi connectivity index (χ1v) is 7.10. The van der Waals surface area contributed by atoms with Gasteiger partial charge in [-0.05, 0) is 44.7 Å². The highest BCUT2D eigenvalue weighted by Gasteiger charge is 2.18. The maximum absolute atomic E-state index is 10.3. The minimum Gasteiger partial charge on any atom is -0.390 e. The van der Waals surface area contributed by atoms with Crippen molar-refractivity contribution in [3.8, 4) is 0 Å². The molecule has 0 bridgehead atoms. The largest absolute Gasteiger partial charge is 0.390 e. The third-order valence-electron chi connectivity index (χ3n) is 3.35. The molecule has 0 fully saturated rings. The molecule has 1 atom stereocenters. The van der Waals surface area contributed by atoms with E-state index in [4.69, 9.17) is 4.74 Å². The summed E-state index contributed by atoms with van der Waals surface area (Å²) in [5.41, 5.74) is 0.769. The quantitative estimate of drug-likeness (QED) is 0.638. The highest BCUT2D eigenvalue weighted by molar-refractivity contribution is 5.14. The van der Waals surface area contributed by atoms with Crippen molar-refractivity contribution >= 4 is 0 Å². The molecule has 0 radical (unpaired) electrons. The Bertz CT molecular complexity index is 325. The maximum Gasteiger partial charge on any atom is 0.0632 e. The number of benzene rings is 1. The molecule has 0 aliphatic heterocycles. The molecule has 1 aromatic rings. The summed E-state index contributed by atoms with van der Waals surface area (Å²) in [6, 6.07) is 10.4. The Kier molecular flexibility index (Phi) is 7.72. The van der Waals surface area contributed by atoms with Gasteiger partial charge in [0, 0.05) is 13.7 Å². The predicted octanol–water partition coefficient (Wildman–Crippen LogP) is 2.39. The lowest BCUT2D eigenvalue weighted by Crippen LogP contribution is -2.31. The van der Waals surface area contributed by atoms with Gasteiger partial charge < -0.3 is 15.2 Å². The van der Waals surface area contributed by atoms with Crippen LogP contribution in [0.5, 0.6) is 0 Å². The maximum atomic E-state index is 10.3. The van der Waals surface area contributed by atoms with Crippen molar-refractivity contribution in [3.05, 3.63) is 35.9 Å². The SMILES string of the molecule is COCCNCCC(C)(O)CCCc1ccccc1. The van der Waals surface area contributed by atoms with E-state index in [1.54, 1.807) is 7.11 Å². The number of nitrogens with one attached hydrogen (secondary N) is 1. The fourth-order valence-electron chi connectivity index (χ4n) is 2.10. The van der Waals surface area contributed by atoms with Gasteiger partial charge in [0.05, 0.1) is 12.2 Å². The molecular weight excluding hydrogens is 238 g/mol. The van der Waals surface area contributed by atoms with Crippen molar-refractivity contribution in [1.82, 2.24) is 5.32 Å². The summed E-state index contributed by atoms with van der Waals surface area (Å²) < 4.78 is 4.96. The molecule has 108 valence electrons. The Balaban J connectivity index is 2.12. The molecule has 3 heteroatoms. The minimum absolute atomic E-state index is 0.575. The van der Waals surface area contributed by atoms with Crippen molar-refractivity contribution in [3.63, 3.8) is 0 Å². The standard InChI is InChI=1S/C16H27NO2/c1-16(18,11-12-17-13-14-19-2)10-6-9-15-7-4-3-5-8-15/h3-5,7-8,17-18H,6,9-14H2,1-2H3. The van der Waals surface area contributed by atoms with Crippen LogP contribution in [0.4, 0.5) is 0 Å². The third-order valence-corrected chi connectivity index (χ3v) is 3.35. The number of ether oxygens (including phenoxy) is 1. The first-order chi connectivity index (χ1) is 9.14. The third kappa shape index (κ3) is 7.98. The van der Waals surface area contributed by atoms with Crippen molar-refractivity contribution < 1.29 is 9.84 Å². The fourth-order valence-corrected chi connectivity index (χ4v) is 2.10. The van der Waals surface area contributed by atoms with E-state index in [1.165, 1.54) is 5.56 Å². The molecule has 2 N–H and O–H groups in total. The van der Waals surface area contributed by atoms with E-state index < -0.39 is 5.60 Å². The molecule has 0 aromatic heterocycles. The number of hydrogen-bond donors (Lipinski definition) is 2. The molecule has 3 nitrogen and oxygen atoms in total. The molecule has 19 heavy (non-hydrogen) atoms. The van der Waals surface area contributed by atoms with E-state index in [9.17, 15) is 5.11 Å². The normalized spacial score (nSPS) is 14.3. The topological polar surface area (TPSA) is 41.5 Å². The van der Waals surface area contributed by atoms with E-state index in [0.29, 0.717) is 0 Å². The van der Waals surface area contributed by atoms with Gasteiger partial charge in [-0.15, -0.1) is 0 Å². The molecule has 0 aliphatic rings. The van der Waals surface area contributed by atoms with Crippen LogP contribution in [0.3, 0.4) is 0 Å². The second-order valence-corrected chi connectivity index (χ2v) is 5.33. The van der Waals surface area contributed by atoms with Crippen molar-refractivity contribution in [1.29, 1.82) is 0 Å². The van der Waals surface area contributed by atoms with Gasteiger partial charge in [-0.1, -0.05) is 30.3 Å². The summed E-state index contributed by atoms with van der Waals surface area (Å²) in [6.45, 7) is 4.32. The summed E-state index contributed by atoms with van der Waals surface area (Å²) in [5.74, 6) is 0. The zero-order chi connectivity index (χ0) is 14.0.